The number of benzene rings is 2. The Balaban J connectivity index is 2.42. The topological polar surface area (TPSA) is 37.3 Å². The highest BCUT2D eigenvalue weighted by Gasteiger charge is 2.15. The van der Waals surface area contributed by atoms with Crippen molar-refractivity contribution in [2.75, 3.05) is 0 Å². The predicted octanol–water partition coefficient (Wildman–Crippen LogP) is 4.78. The molecule has 20 heavy (non-hydrogen) atoms. The fraction of sp³-hybridized carbons (Fsp3) is 0.278. The minimum Gasteiger partial charge on any atom is -0.478 e. The molecule has 0 unspecified atom stereocenters. The predicted molar refractivity (Wildman–Crippen MR) is 82.1 cm³/mol. The van der Waals surface area contributed by atoms with Gasteiger partial charge in [0.15, 0.2) is 0 Å². The summed E-state index contributed by atoms with van der Waals surface area (Å²) in [7, 11) is 0. The van der Waals surface area contributed by atoms with Crippen LogP contribution in [0.4, 0.5) is 0 Å². The van der Waals surface area contributed by atoms with E-state index in [9.17, 15) is 9.90 Å². The van der Waals surface area contributed by atoms with Gasteiger partial charge < -0.3 is 5.11 Å². The average molecular weight is 268 g/mol. The van der Waals surface area contributed by atoms with E-state index in [0.29, 0.717) is 5.56 Å². The van der Waals surface area contributed by atoms with Gasteiger partial charge in [0.2, 0.25) is 0 Å². The third-order valence-electron chi connectivity index (χ3n) is 3.50. The minimum absolute atomic E-state index is 0.454. The number of unbranched alkanes of at least 4 members (excludes halogenated alkanes) is 2. The lowest BCUT2D eigenvalue weighted by molar-refractivity contribution is 0.0696. The molecule has 0 aliphatic heterocycles. The Morgan fingerprint density at radius 2 is 1.75 bits per heavy atom. The van der Waals surface area contributed by atoms with Crippen molar-refractivity contribution in [2.24, 2.45) is 0 Å². The molecule has 0 fully saturated rings. The maximum absolute atomic E-state index is 11.6. The summed E-state index contributed by atoms with van der Waals surface area (Å²) in [6.45, 7) is 2.15. The zero-order chi connectivity index (χ0) is 14.4. The normalized spacial score (nSPS) is 10.4. The standard InChI is InChI=1S/C18H20O2/c1-2-3-5-11-15-12-8-13-16(17(15)18(19)20)14-9-6-4-7-10-14/h4,6-10,12-13H,2-3,5,11H2,1H3,(H,19,20). The molecule has 2 aromatic carbocycles. The number of carboxylic acids is 1. The van der Waals surface area contributed by atoms with Gasteiger partial charge in [-0.05, 0) is 29.5 Å². The molecular formula is C18H20O2. The zero-order valence-electron chi connectivity index (χ0n) is 11.8. The fourth-order valence-electron chi connectivity index (χ4n) is 2.48. The largest absolute Gasteiger partial charge is 0.478 e. The van der Waals surface area contributed by atoms with Gasteiger partial charge in [0, 0.05) is 0 Å². The molecule has 0 saturated carbocycles. The number of aromatic carboxylic acids is 1. The maximum atomic E-state index is 11.6. The Labute approximate surface area is 120 Å². The lowest BCUT2D eigenvalue weighted by atomic mass is 9.93. The maximum Gasteiger partial charge on any atom is 0.336 e. The van der Waals surface area contributed by atoms with Gasteiger partial charge in [-0.2, -0.15) is 0 Å². The smallest absolute Gasteiger partial charge is 0.336 e. The van der Waals surface area contributed by atoms with E-state index in [1.54, 1.807) is 0 Å². The summed E-state index contributed by atoms with van der Waals surface area (Å²) in [6.07, 6.45) is 4.14. The van der Waals surface area contributed by atoms with Crippen molar-refractivity contribution in [3.63, 3.8) is 0 Å². The number of rotatable bonds is 6. The van der Waals surface area contributed by atoms with Crippen LogP contribution in [0.3, 0.4) is 0 Å². The second-order valence-corrected chi connectivity index (χ2v) is 4.97. The van der Waals surface area contributed by atoms with Crippen LogP contribution >= 0.6 is 0 Å². The number of carboxylic acid groups (broad SMARTS) is 1. The van der Waals surface area contributed by atoms with E-state index < -0.39 is 5.97 Å². The van der Waals surface area contributed by atoms with Gasteiger partial charge in [0.1, 0.15) is 0 Å². The first-order valence-electron chi connectivity index (χ1n) is 7.14. The van der Waals surface area contributed by atoms with Gasteiger partial charge in [-0.1, -0.05) is 68.3 Å². The first kappa shape index (κ1) is 14.3. The molecule has 0 aromatic heterocycles. The van der Waals surface area contributed by atoms with Crippen LogP contribution in [0.2, 0.25) is 0 Å². The Morgan fingerprint density at radius 1 is 1.00 bits per heavy atom. The highest BCUT2D eigenvalue weighted by molar-refractivity contribution is 5.97. The molecule has 0 heterocycles. The molecule has 2 heteroatoms. The van der Waals surface area contributed by atoms with Crippen LogP contribution in [0, 0.1) is 0 Å². The third kappa shape index (κ3) is 3.27. The highest BCUT2D eigenvalue weighted by Crippen LogP contribution is 2.27. The molecule has 0 aliphatic rings. The lowest BCUT2D eigenvalue weighted by Crippen LogP contribution is -2.05. The molecule has 104 valence electrons. The second kappa shape index (κ2) is 6.90. The van der Waals surface area contributed by atoms with E-state index in [1.165, 1.54) is 0 Å². The van der Waals surface area contributed by atoms with Crippen LogP contribution in [0.25, 0.3) is 11.1 Å². The first-order chi connectivity index (χ1) is 9.74. The molecular weight excluding hydrogens is 248 g/mol. The fourth-order valence-corrected chi connectivity index (χ4v) is 2.48. The summed E-state index contributed by atoms with van der Waals surface area (Å²) in [6, 6.07) is 15.5. The molecule has 0 bridgehead atoms. The van der Waals surface area contributed by atoms with Crippen molar-refractivity contribution in [3.8, 4) is 11.1 Å². The molecule has 2 rings (SSSR count). The van der Waals surface area contributed by atoms with Gasteiger partial charge in [-0.15, -0.1) is 0 Å². The van der Waals surface area contributed by atoms with Crippen molar-refractivity contribution in [1.82, 2.24) is 0 Å². The Morgan fingerprint density at radius 3 is 2.40 bits per heavy atom. The second-order valence-electron chi connectivity index (χ2n) is 4.97. The van der Waals surface area contributed by atoms with Crippen molar-refractivity contribution in [2.45, 2.75) is 32.6 Å². The summed E-state index contributed by atoms with van der Waals surface area (Å²) in [5.41, 5.74) is 3.16. The number of aryl methyl sites for hydroxylation is 1. The lowest BCUT2D eigenvalue weighted by Gasteiger charge is -2.11. The van der Waals surface area contributed by atoms with Crippen LogP contribution in [-0.2, 0) is 6.42 Å². The van der Waals surface area contributed by atoms with E-state index in [0.717, 1.165) is 42.4 Å². The summed E-state index contributed by atoms with van der Waals surface area (Å²) in [5.74, 6) is -0.837. The van der Waals surface area contributed by atoms with Gasteiger partial charge in [-0.25, -0.2) is 4.79 Å². The molecule has 0 spiro atoms. The summed E-state index contributed by atoms with van der Waals surface area (Å²) < 4.78 is 0. The monoisotopic (exact) mass is 268 g/mol. The molecule has 0 radical (unpaired) electrons. The van der Waals surface area contributed by atoms with Crippen LogP contribution in [0.15, 0.2) is 48.5 Å². The third-order valence-corrected chi connectivity index (χ3v) is 3.50. The first-order valence-corrected chi connectivity index (χ1v) is 7.14. The van der Waals surface area contributed by atoms with Gasteiger partial charge >= 0.3 is 5.97 Å². The molecule has 1 N–H and O–H groups in total. The Hall–Kier alpha value is -2.09. The molecule has 0 saturated heterocycles. The van der Waals surface area contributed by atoms with Crippen LogP contribution in [-0.4, -0.2) is 11.1 Å². The van der Waals surface area contributed by atoms with E-state index in [2.05, 4.69) is 6.92 Å². The van der Waals surface area contributed by atoms with Crippen LogP contribution < -0.4 is 0 Å². The highest BCUT2D eigenvalue weighted by atomic mass is 16.4. The van der Waals surface area contributed by atoms with E-state index >= 15 is 0 Å². The number of hydrogen-bond acceptors (Lipinski definition) is 1. The van der Waals surface area contributed by atoms with Gasteiger partial charge in [-0.3, -0.25) is 0 Å². The van der Waals surface area contributed by atoms with E-state index in [-0.39, 0.29) is 0 Å². The van der Waals surface area contributed by atoms with E-state index in [4.69, 9.17) is 0 Å². The Kier molecular flexibility index (Phi) is 4.94. The summed E-state index contributed by atoms with van der Waals surface area (Å²) in [5, 5.41) is 9.56. The average Bonchev–Trinajstić information content (AvgIpc) is 2.48. The molecule has 0 aliphatic carbocycles. The van der Waals surface area contributed by atoms with Crippen molar-refractivity contribution in [3.05, 3.63) is 59.7 Å². The Bertz CT molecular complexity index is 573. The minimum atomic E-state index is -0.837. The SMILES string of the molecule is CCCCCc1cccc(-c2ccccc2)c1C(=O)O. The summed E-state index contributed by atoms with van der Waals surface area (Å²) in [4.78, 5) is 11.6. The van der Waals surface area contributed by atoms with Crippen molar-refractivity contribution >= 4 is 5.97 Å². The van der Waals surface area contributed by atoms with Crippen molar-refractivity contribution in [1.29, 1.82) is 0 Å². The molecule has 0 atom stereocenters. The molecule has 2 aromatic rings. The molecule has 0 amide bonds. The summed E-state index contributed by atoms with van der Waals surface area (Å²) >= 11 is 0. The molecule has 2 nitrogen and oxygen atoms in total. The van der Waals surface area contributed by atoms with Crippen LogP contribution in [0.5, 0.6) is 0 Å². The van der Waals surface area contributed by atoms with Crippen molar-refractivity contribution < 1.29 is 9.90 Å². The number of carbonyl (C=O) groups is 1. The quantitative estimate of drug-likeness (QED) is 0.765. The van der Waals surface area contributed by atoms with E-state index in [1.807, 2.05) is 48.5 Å². The zero-order valence-corrected chi connectivity index (χ0v) is 11.8. The van der Waals surface area contributed by atoms with Gasteiger partial charge in [0.25, 0.3) is 0 Å². The van der Waals surface area contributed by atoms with Gasteiger partial charge in [0.05, 0.1) is 5.56 Å². The van der Waals surface area contributed by atoms with Crippen LogP contribution in [0.1, 0.15) is 42.1 Å². The number of hydrogen-bond donors (Lipinski definition) is 1.